The number of methoxy groups -OCH3 is 1. The summed E-state index contributed by atoms with van der Waals surface area (Å²) in [7, 11) is 1.68. The van der Waals surface area contributed by atoms with Gasteiger partial charge in [0.1, 0.15) is 5.75 Å². The van der Waals surface area contributed by atoms with Crippen molar-refractivity contribution in [3.8, 4) is 5.75 Å². The number of ether oxygens (including phenoxy) is 1. The van der Waals surface area contributed by atoms with E-state index in [9.17, 15) is 4.79 Å². The molecule has 0 aliphatic heterocycles. The van der Waals surface area contributed by atoms with Crippen LogP contribution in [0, 0.1) is 5.92 Å². The van der Waals surface area contributed by atoms with Gasteiger partial charge in [-0.3, -0.25) is 4.79 Å². The van der Waals surface area contributed by atoms with Gasteiger partial charge in [-0.05, 0) is 42.9 Å². The zero-order chi connectivity index (χ0) is 15.4. The molecule has 1 amide bonds. The molecular weight excluding hydrogens is 274 g/mol. The van der Waals surface area contributed by atoms with Crippen LogP contribution in [0.3, 0.4) is 0 Å². The van der Waals surface area contributed by atoms with Crippen molar-refractivity contribution in [2.24, 2.45) is 5.92 Å². The van der Waals surface area contributed by atoms with E-state index in [0.29, 0.717) is 11.9 Å². The molecule has 3 heteroatoms. The van der Waals surface area contributed by atoms with E-state index in [1.54, 1.807) is 7.11 Å². The fourth-order valence-corrected chi connectivity index (χ4v) is 3.51. The number of rotatable bonds is 7. The summed E-state index contributed by atoms with van der Waals surface area (Å²) < 4.78 is 5.20. The molecule has 1 aromatic carbocycles. The molecule has 2 fully saturated rings. The Morgan fingerprint density at radius 1 is 1.14 bits per heavy atom. The monoisotopic (exact) mass is 301 g/mol. The summed E-state index contributed by atoms with van der Waals surface area (Å²) in [5, 5.41) is 0. The molecule has 0 saturated heterocycles. The lowest BCUT2D eigenvalue weighted by Crippen LogP contribution is -2.32. The van der Waals surface area contributed by atoms with Crippen molar-refractivity contribution in [3.05, 3.63) is 29.8 Å². The van der Waals surface area contributed by atoms with Crippen molar-refractivity contribution in [1.82, 2.24) is 4.90 Å². The van der Waals surface area contributed by atoms with Gasteiger partial charge in [0.05, 0.1) is 7.11 Å². The average molecular weight is 301 g/mol. The Balaban J connectivity index is 1.55. The molecular formula is C19H27NO2. The van der Waals surface area contributed by atoms with E-state index in [-0.39, 0.29) is 0 Å². The molecule has 22 heavy (non-hydrogen) atoms. The van der Waals surface area contributed by atoms with Crippen molar-refractivity contribution >= 4 is 5.91 Å². The number of amides is 1. The maximum atomic E-state index is 12.6. The highest BCUT2D eigenvalue weighted by atomic mass is 16.5. The number of carbonyl (C=O) groups is 1. The van der Waals surface area contributed by atoms with Crippen molar-refractivity contribution in [3.63, 3.8) is 0 Å². The van der Waals surface area contributed by atoms with E-state index in [1.165, 1.54) is 44.1 Å². The maximum absolute atomic E-state index is 12.6. The minimum absolute atomic E-state index is 0.352. The fraction of sp³-hybridized carbons (Fsp3) is 0.632. The number of nitrogens with zero attached hydrogens (tertiary/aromatic N) is 1. The molecule has 120 valence electrons. The van der Waals surface area contributed by atoms with Gasteiger partial charge in [0.2, 0.25) is 5.91 Å². The summed E-state index contributed by atoms with van der Waals surface area (Å²) in [5.41, 5.74) is 1.20. The largest absolute Gasteiger partial charge is 0.497 e. The van der Waals surface area contributed by atoms with Gasteiger partial charge in [0.25, 0.3) is 0 Å². The van der Waals surface area contributed by atoms with E-state index in [0.717, 1.165) is 31.1 Å². The molecule has 0 N–H and O–H groups in total. The van der Waals surface area contributed by atoms with E-state index in [2.05, 4.69) is 17.0 Å². The van der Waals surface area contributed by atoms with Crippen LogP contribution in [0.15, 0.2) is 24.3 Å². The van der Waals surface area contributed by atoms with Gasteiger partial charge < -0.3 is 9.64 Å². The van der Waals surface area contributed by atoms with Gasteiger partial charge in [-0.1, -0.05) is 37.8 Å². The van der Waals surface area contributed by atoms with Gasteiger partial charge in [-0.2, -0.15) is 0 Å². The van der Waals surface area contributed by atoms with E-state index in [4.69, 9.17) is 4.74 Å². The molecule has 3 nitrogen and oxygen atoms in total. The first-order valence-corrected chi connectivity index (χ1v) is 8.68. The quantitative estimate of drug-likeness (QED) is 0.757. The lowest BCUT2D eigenvalue weighted by atomic mass is 10.0. The zero-order valence-electron chi connectivity index (χ0n) is 13.6. The molecule has 0 unspecified atom stereocenters. The van der Waals surface area contributed by atoms with Gasteiger partial charge in [-0.25, -0.2) is 0 Å². The van der Waals surface area contributed by atoms with Crippen LogP contribution in [0.4, 0.5) is 0 Å². The van der Waals surface area contributed by atoms with Crippen LogP contribution in [-0.4, -0.2) is 24.0 Å². The van der Waals surface area contributed by atoms with Crippen LogP contribution in [-0.2, 0) is 11.3 Å². The summed E-state index contributed by atoms with van der Waals surface area (Å²) in [5.74, 6) is 2.02. The highest BCUT2D eigenvalue weighted by Gasteiger charge is 2.32. The first-order chi connectivity index (χ1) is 10.8. The molecule has 1 aromatic rings. The predicted octanol–water partition coefficient (Wildman–Crippen LogP) is 4.16. The Morgan fingerprint density at radius 3 is 2.41 bits per heavy atom. The number of benzene rings is 1. The van der Waals surface area contributed by atoms with Crippen LogP contribution in [0.2, 0.25) is 0 Å². The molecule has 0 spiro atoms. The van der Waals surface area contributed by atoms with Gasteiger partial charge in [0.15, 0.2) is 0 Å². The van der Waals surface area contributed by atoms with Crippen LogP contribution in [0.25, 0.3) is 0 Å². The van der Waals surface area contributed by atoms with Crippen molar-refractivity contribution in [2.45, 2.75) is 64.0 Å². The SMILES string of the molecule is COc1ccc(CN(C(=O)CCC2CCCC2)C2CC2)cc1. The number of carbonyl (C=O) groups excluding carboxylic acids is 1. The van der Waals surface area contributed by atoms with Crippen LogP contribution >= 0.6 is 0 Å². The number of hydrogen-bond donors (Lipinski definition) is 0. The zero-order valence-corrected chi connectivity index (χ0v) is 13.6. The molecule has 2 aliphatic rings. The van der Waals surface area contributed by atoms with E-state index < -0.39 is 0 Å². The second-order valence-electron chi connectivity index (χ2n) is 6.79. The first-order valence-electron chi connectivity index (χ1n) is 8.68. The standard InChI is InChI=1S/C19H27NO2/c1-22-18-11-6-16(7-12-18)14-20(17-9-10-17)19(21)13-8-15-4-2-3-5-15/h6-7,11-12,15,17H,2-5,8-10,13-14H2,1H3. The molecule has 3 rings (SSSR count). The maximum Gasteiger partial charge on any atom is 0.223 e. The molecule has 0 heterocycles. The molecule has 2 saturated carbocycles. The highest BCUT2D eigenvalue weighted by Crippen LogP contribution is 2.32. The summed E-state index contributed by atoms with van der Waals surface area (Å²) in [4.78, 5) is 14.7. The third-order valence-electron chi connectivity index (χ3n) is 5.06. The first kappa shape index (κ1) is 15.4. The topological polar surface area (TPSA) is 29.5 Å². The summed E-state index contributed by atoms with van der Waals surface area (Å²) >= 11 is 0. The summed E-state index contributed by atoms with van der Waals surface area (Å²) in [6, 6.07) is 8.57. The molecule has 0 aromatic heterocycles. The normalized spacial score (nSPS) is 18.4. The smallest absolute Gasteiger partial charge is 0.223 e. The Labute approximate surface area is 133 Å². The third kappa shape index (κ3) is 4.02. The Bertz CT molecular complexity index is 487. The number of hydrogen-bond acceptors (Lipinski definition) is 2. The van der Waals surface area contributed by atoms with E-state index in [1.807, 2.05) is 12.1 Å². The minimum Gasteiger partial charge on any atom is -0.497 e. The summed E-state index contributed by atoms with van der Waals surface area (Å²) in [6.07, 6.45) is 9.54. The second-order valence-corrected chi connectivity index (χ2v) is 6.79. The van der Waals surface area contributed by atoms with Crippen molar-refractivity contribution < 1.29 is 9.53 Å². The third-order valence-corrected chi connectivity index (χ3v) is 5.06. The Hall–Kier alpha value is -1.51. The summed E-state index contributed by atoms with van der Waals surface area (Å²) in [6.45, 7) is 0.748. The van der Waals surface area contributed by atoms with E-state index >= 15 is 0 Å². The van der Waals surface area contributed by atoms with Gasteiger partial charge >= 0.3 is 0 Å². The van der Waals surface area contributed by atoms with Crippen LogP contribution < -0.4 is 4.74 Å². The second kappa shape index (κ2) is 7.17. The average Bonchev–Trinajstić information content (AvgIpc) is 3.26. The van der Waals surface area contributed by atoms with Crippen LogP contribution in [0.1, 0.15) is 56.9 Å². The highest BCUT2D eigenvalue weighted by molar-refractivity contribution is 5.76. The van der Waals surface area contributed by atoms with Gasteiger partial charge in [0, 0.05) is 19.0 Å². The van der Waals surface area contributed by atoms with Crippen LogP contribution in [0.5, 0.6) is 5.75 Å². The molecule has 2 aliphatic carbocycles. The van der Waals surface area contributed by atoms with Crippen molar-refractivity contribution in [2.75, 3.05) is 7.11 Å². The lowest BCUT2D eigenvalue weighted by Gasteiger charge is -2.23. The molecule has 0 atom stereocenters. The fourth-order valence-electron chi connectivity index (χ4n) is 3.51. The Kier molecular flexibility index (Phi) is 5.01. The predicted molar refractivity (Wildman–Crippen MR) is 87.8 cm³/mol. The lowest BCUT2D eigenvalue weighted by molar-refractivity contribution is -0.132. The minimum atomic E-state index is 0.352. The molecule has 0 radical (unpaired) electrons. The molecule has 0 bridgehead atoms. The Morgan fingerprint density at radius 2 is 1.82 bits per heavy atom. The van der Waals surface area contributed by atoms with Crippen molar-refractivity contribution in [1.29, 1.82) is 0 Å². The van der Waals surface area contributed by atoms with Gasteiger partial charge in [-0.15, -0.1) is 0 Å².